The Kier molecular flexibility index (Phi) is 17.8. The molecular weight excluding hydrogens is 755 g/mol. The highest BCUT2D eigenvalue weighted by atomic mass is 32.2. The summed E-state index contributed by atoms with van der Waals surface area (Å²) in [6, 6.07) is 6.77. The predicted molar refractivity (Wildman–Crippen MR) is 208 cm³/mol. The molecule has 2 aromatic carbocycles. The zero-order valence-corrected chi connectivity index (χ0v) is 32.0. The van der Waals surface area contributed by atoms with E-state index in [4.69, 9.17) is 10.8 Å². The zero-order chi connectivity index (χ0) is 40.5. The van der Waals surface area contributed by atoms with E-state index < -0.39 is 84.6 Å². The quantitative estimate of drug-likeness (QED) is 0.0610. The van der Waals surface area contributed by atoms with E-state index in [9.17, 15) is 43.8 Å². The fourth-order valence-corrected chi connectivity index (χ4v) is 6.39. The number of benzene rings is 2. The molecule has 0 unspecified atom stereocenters. The van der Waals surface area contributed by atoms with Crippen LogP contribution in [-0.4, -0.2) is 123 Å². The summed E-state index contributed by atoms with van der Waals surface area (Å²) in [6.45, 7) is -0.602. The van der Waals surface area contributed by atoms with Gasteiger partial charge in [0.2, 0.25) is 29.5 Å². The van der Waals surface area contributed by atoms with Crippen LogP contribution in [0.5, 0.6) is 5.75 Å². The maximum Gasteiger partial charge on any atom is 0.326 e. The lowest BCUT2D eigenvalue weighted by atomic mass is 10.0. The Morgan fingerprint density at radius 3 is 1.93 bits per heavy atom. The third kappa shape index (κ3) is 14.5. The summed E-state index contributed by atoms with van der Waals surface area (Å²) in [4.78, 5) is 92.6. The van der Waals surface area contributed by atoms with Crippen molar-refractivity contribution in [3.63, 3.8) is 0 Å². The largest absolute Gasteiger partial charge is 0.508 e. The van der Waals surface area contributed by atoms with Crippen LogP contribution in [0.4, 0.5) is 0 Å². The number of carbonyl (C=O) groups is 7. The number of thioether (sulfide) groups is 2. The molecule has 3 rings (SSSR count). The molecule has 1 heterocycles. The molecule has 0 aliphatic carbocycles. The fourth-order valence-electron chi connectivity index (χ4n) is 5.44. The number of aromatic amines is 1. The monoisotopic (exact) mass is 801 g/mol. The second-order valence-electron chi connectivity index (χ2n) is 12.6. The third-order valence-electron chi connectivity index (χ3n) is 8.38. The van der Waals surface area contributed by atoms with E-state index in [1.807, 2.05) is 24.3 Å². The number of aliphatic carboxylic acids is 2. The molecule has 0 saturated heterocycles. The number of aromatic nitrogens is 1. The molecule has 1 aromatic heterocycles. The zero-order valence-electron chi connectivity index (χ0n) is 30.3. The van der Waals surface area contributed by atoms with E-state index in [0.717, 1.165) is 10.9 Å². The summed E-state index contributed by atoms with van der Waals surface area (Å²) in [6.07, 6.45) is 4.77. The molecule has 0 bridgehead atoms. The number of phenols is 1. The Labute approximate surface area is 325 Å². The van der Waals surface area contributed by atoms with Gasteiger partial charge in [0.15, 0.2) is 0 Å². The molecule has 0 aliphatic rings. The second-order valence-corrected chi connectivity index (χ2v) is 14.5. The van der Waals surface area contributed by atoms with Crippen molar-refractivity contribution in [3.05, 3.63) is 65.9 Å². The minimum Gasteiger partial charge on any atom is -0.508 e. The minimum atomic E-state index is -1.46. The molecule has 0 spiro atoms. The number of carboxylic acid groups (broad SMARTS) is 2. The van der Waals surface area contributed by atoms with Crippen molar-refractivity contribution in [1.82, 2.24) is 31.6 Å². The summed E-state index contributed by atoms with van der Waals surface area (Å²) < 4.78 is 0. The molecule has 55 heavy (non-hydrogen) atoms. The van der Waals surface area contributed by atoms with Crippen LogP contribution >= 0.6 is 23.5 Å². The van der Waals surface area contributed by atoms with Crippen LogP contribution in [0.2, 0.25) is 0 Å². The minimum absolute atomic E-state index is 0.00106. The number of nitrogens with one attached hydrogen (secondary N) is 6. The van der Waals surface area contributed by atoms with E-state index in [0.29, 0.717) is 22.6 Å². The number of fused-ring (bicyclic) bond motifs is 1. The molecule has 0 radical (unpaired) electrons. The van der Waals surface area contributed by atoms with E-state index in [1.54, 1.807) is 18.7 Å². The first-order chi connectivity index (χ1) is 26.2. The average molecular weight is 802 g/mol. The molecule has 5 amide bonds. The van der Waals surface area contributed by atoms with E-state index in [-0.39, 0.29) is 31.4 Å². The molecule has 0 fully saturated rings. The third-order valence-corrected chi connectivity index (χ3v) is 9.67. The number of para-hydroxylation sites is 1. The number of carboxylic acids is 2. The van der Waals surface area contributed by atoms with E-state index in [2.05, 4.69) is 31.6 Å². The first-order valence-corrected chi connectivity index (χ1v) is 20.0. The van der Waals surface area contributed by atoms with Crippen LogP contribution in [0.1, 0.15) is 30.4 Å². The number of H-pyrrole nitrogens is 1. The second kappa shape index (κ2) is 22.2. The summed E-state index contributed by atoms with van der Waals surface area (Å²) in [5.74, 6) is -5.62. The van der Waals surface area contributed by atoms with Crippen molar-refractivity contribution in [2.45, 2.75) is 62.3 Å². The van der Waals surface area contributed by atoms with Gasteiger partial charge in [-0.15, -0.1) is 0 Å². The maximum atomic E-state index is 13.6. The molecule has 17 nitrogen and oxygen atoms in total. The maximum absolute atomic E-state index is 13.6. The van der Waals surface area contributed by atoms with Crippen LogP contribution in [0.3, 0.4) is 0 Å². The lowest BCUT2D eigenvalue weighted by molar-refractivity contribution is -0.142. The normalized spacial score (nSPS) is 13.7. The Hall–Kier alpha value is -5.27. The summed E-state index contributed by atoms with van der Waals surface area (Å²) in [5, 5.41) is 41.9. The van der Waals surface area contributed by atoms with Gasteiger partial charge >= 0.3 is 11.9 Å². The Morgan fingerprint density at radius 1 is 0.727 bits per heavy atom. The fraction of sp³-hybridized carbons (Fsp3) is 0.417. The van der Waals surface area contributed by atoms with Gasteiger partial charge < -0.3 is 52.6 Å². The first-order valence-electron chi connectivity index (χ1n) is 17.2. The lowest BCUT2D eigenvalue weighted by Gasteiger charge is -2.24. The lowest BCUT2D eigenvalue weighted by Crippen LogP contribution is -2.57. The molecule has 0 saturated carbocycles. The molecule has 298 valence electrons. The highest BCUT2D eigenvalue weighted by molar-refractivity contribution is 7.98. The highest BCUT2D eigenvalue weighted by Crippen LogP contribution is 2.19. The average Bonchev–Trinajstić information content (AvgIpc) is 3.56. The van der Waals surface area contributed by atoms with Gasteiger partial charge in [0.05, 0.1) is 19.0 Å². The summed E-state index contributed by atoms with van der Waals surface area (Å²) in [5.41, 5.74) is 7.73. The van der Waals surface area contributed by atoms with Crippen LogP contribution in [-0.2, 0) is 46.4 Å². The van der Waals surface area contributed by atoms with Gasteiger partial charge in [-0.2, -0.15) is 23.5 Å². The van der Waals surface area contributed by atoms with Gasteiger partial charge in [0.1, 0.15) is 29.9 Å². The number of hydrogen-bond donors (Lipinski definition) is 10. The predicted octanol–water partition coefficient (Wildman–Crippen LogP) is 0.107. The SMILES string of the molecule is CSCC[C@H](NC(=O)[C@H](Cc1c[nH]c2ccccc12)NC(=O)CNC(=O)[C@H](CCSC)NC(=O)[C@H](Cc1ccc(O)cc1)NC(=O)[C@@H](N)CC(=O)O)C(=O)O. The van der Waals surface area contributed by atoms with Crippen LogP contribution < -0.4 is 32.3 Å². The van der Waals surface area contributed by atoms with Gasteiger partial charge in [-0.3, -0.25) is 28.8 Å². The van der Waals surface area contributed by atoms with Crippen LogP contribution in [0.25, 0.3) is 10.9 Å². The number of hydrogen-bond acceptors (Lipinski definition) is 11. The van der Waals surface area contributed by atoms with Gasteiger partial charge in [-0.05, 0) is 66.2 Å². The van der Waals surface area contributed by atoms with Gasteiger partial charge in [-0.25, -0.2) is 4.79 Å². The number of amides is 5. The van der Waals surface area contributed by atoms with Crippen LogP contribution in [0, 0.1) is 0 Å². The molecule has 3 aromatic rings. The van der Waals surface area contributed by atoms with Gasteiger partial charge in [0, 0.05) is 29.9 Å². The van der Waals surface area contributed by atoms with E-state index >= 15 is 0 Å². The Morgan fingerprint density at radius 2 is 1.31 bits per heavy atom. The van der Waals surface area contributed by atoms with Crippen LogP contribution in [0.15, 0.2) is 54.7 Å². The van der Waals surface area contributed by atoms with Crippen molar-refractivity contribution in [2.24, 2.45) is 5.73 Å². The van der Waals surface area contributed by atoms with Gasteiger partial charge in [0.25, 0.3) is 0 Å². The Bertz CT molecular complexity index is 1810. The number of rotatable bonds is 23. The van der Waals surface area contributed by atoms with E-state index in [1.165, 1.54) is 47.8 Å². The Balaban J connectivity index is 1.75. The molecular formula is C36H47N7O10S2. The van der Waals surface area contributed by atoms with Crippen molar-refractivity contribution in [1.29, 1.82) is 0 Å². The number of phenolic OH excluding ortho intramolecular Hbond substituents is 1. The summed E-state index contributed by atoms with van der Waals surface area (Å²) >= 11 is 2.81. The number of aromatic hydroxyl groups is 1. The number of nitrogens with two attached hydrogens (primary N) is 1. The van der Waals surface area contributed by atoms with Crippen molar-refractivity contribution >= 4 is 75.9 Å². The van der Waals surface area contributed by atoms with Crippen molar-refractivity contribution in [3.8, 4) is 5.75 Å². The van der Waals surface area contributed by atoms with Crippen molar-refractivity contribution in [2.75, 3.05) is 30.6 Å². The smallest absolute Gasteiger partial charge is 0.326 e. The highest BCUT2D eigenvalue weighted by Gasteiger charge is 2.31. The summed E-state index contributed by atoms with van der Waals surface area (Å²) in [7, 11) is 0. The van der Waals surface area contributed by atoms with Crippen molar-refractivity contribution < 1.29 is 48.9 Å². The molecule has 0 aliphatic heterocycles. The standard InChI is InChI=1S/C36H47N7O10S2/c1-54-13-11-26(41-34(50)28(15-20-7-9-22(44)10-8-20)43-32(48)24(37)17-31(46)47)33(49)39-19-30(45)40-29(35(51)42-27(36(52)53)12-14-55-2)16-21-18-38-25-6-4-3-5-23(21)25/h3-10,18,24,26-29,38,44H,11-17,19,37H2,1-2H3,(H,39,49)(H,40,45)(H,41,50)(H,42,51)(H,43,48)(H,46,47)(H,52,53)/t24-,26-,27-,28-,29-/m0/s1. The van der Waals surface area contributed by atoms with Gasteiger partial charge in [-0.1, -0.05) is 30.3 Å². The molecule has 19 heteroatoms. The number of carbonyl (C=O) groups excluding carboxylic acids is 5. The topological polar surface area (TPSA) is 282 Å². The molecule has 11 N–H and O–H groups in total. The molecule has 5 atom stereocenters. The first kappa shape index (κ1) is 44.1.